The van der Waals surface area contributed by atoms with E-state index in [0.29, 0.717) is 11.4 Å². The molecule has 2 aromatic rings. The molecule has 2 aliphatic carbocycles. The van der Waals surface area contributed by atoms with E-state index in [0.717, 1.165) is 25.7 Å². The van der Waals surface area contributed by atoms with Gasteiger partial charge in [-0.25, -0.2) is 9.78 Å². The molecule has 10 heteroatoms. The molecule has 3 N–H and O–H groups in total. The topological polar surface area (TPSA) is 135 Å². The number of carbonyl (C=O) groups is 3. The first-order valence-electron chi connectivity index (χ1n) is 12.0. The van der Waals surface area contributed by atoms with Gasteiger partial charge in [0.25, 0.3) is 11.8 Å². The van der Waals surface area contributed by atoms with Gasteiger partial charge in [-0.1, -0.05) is 6.07 Å². The van der Waals surface area contributed by atoms with Crippen molar-refractivity contribution in [3.63, 3.8) is 0 Å². The molecular formula is C26H30N4O6. The number of urea groups is 1. The SMILES string of the molecule is CC(C)(O)COc1cccc(N2CC(=O)N([C@H]3CC4(C[C@H](Oc5ncccc5C(N)=O)C4)C3)C2=O)c1. The summed E-state index contributed by atoms with van der Waals surface area (Å²) >= 11 is 0. The lowest BCUT2D eigenvalue weighted by Crippen LogP contribution is -2.60. The van der Waals surface area contributed by atoms with Crippen LogP contribution in [0, 0.1) is 5.41 Å². The summed E-state index contributed by atoms with van der Waals surface area (Å²) in [6.45, 7) is 3.39. The van der Waals surface area contributed by atoms with Gasteiger partial charge in [0.1, 0.15) is 30.6 Å². The molecule has 0 unspecified atom stereocenters. The number of hydrogen-bond acceptors (Lipinski definition) is 7. The number of rotatable bonds is 8. The van der Waals surface area contributed by atoms with Crippen molar-refractivity contribution in [2.45, 2.75) is 57.3 Å². The average molecular weight is 495 g/mol. The van der Waals surface area contributed by atoms with E-state index >= 15 is 0 Å². The molecule has 190 valence electrons. The Morgan fingerprint density at radius 1 is 1.19 bits per heavy atom. The molecule has 1 saturated heterocycles. The fraction of sp³-hybridized carbons (Fsp3) is 0.462. The number of carbonyl (C=O) groups excluding carboxylic acids is 3. The lowest BCUT2D eigenvalue weighted by Gasteiger charge is -2.58. The third-order valence-electron chi connectivity index (χ3n) is 7.06. The van der Waals surface area contributed by atoms with Crippen LogP contribution in [0.5, 0.6) is 11.6 Å². The van der Waals surface area contributed by atoms with Crippen molar-refractivity contribution in [2.24, 2.45) is 11.1 Å². The first kappa shape index (κ1) is 24.1. The smallest absolute Gasteiger partial charge is 0.331 e. The molecule has 3 aliphatic rings. The monoisotopic (exact) mass is 494 g/mol. The van der Waals surface area contributed by atoms with Gasteiger partial charge in [-0.3, -0.25) is 19.4 Å². The Hall–Kier alpha value is -3.66. The highest BCUT2D eigenvalue weighted by Gasteiger charge is 2.58. The largest absolute Gasteiger partial charge is 0.491 e. The number of hydrogen-bond donors (Lipinski definition) is 2. The maximum atomic E-state index is 13.2. The predicted octanol–water partition coefficient (Wildman–Crippen LogP) is 2.49. The Morgan fingerprint density at radius 2 is 1.94 bits per heavy atom. The van der Waals surface area contributed by atoms with Crippen molar-refractivity contribution in [1.82, 2.24) is 9.88 Å². The lowest BCUT2D eigenvalue weighted by molar-refractivity contribution is -0.138. The number of aromatic nitrogens is 1. The second-order valence-corrected chi connectivity index (χ2v) is 10.7. The summed E-state index contributed by atoms with van der Waals surface area (Å²) in [7, 11) is 0. The van der Waals surface area contributed by atoms with Gasteiger partial charge in [-0.2, -0.15) is 0 Å². The Morgan fingerprint density at radius 3 is 2.64 bits per heavy atom. The van der Waals surface area contributed by atoms with Crippen molar-refractivity contribution >= 4 is 23.5 Å². The van der Waals surface area contributed by atoms with Gasteiger partial charge in [0.05, 0.1) is 5.60 Å². The standard InChI is InChI=1S/C26H30N4O6/c1-25(2,34)15-35-18-6-3-5-16(9-18)29-14-21(31)30(24(29)33)17-10-26(11-17)12-19(13-26)36-23-20(22(27)32)7-4-8-28-23/h3-9,17,19,34H,10-15H2,1-2H3,(H2,27,32)/t17-,19-,26?. The third kappa shape index (κ3) is 4.60. The van der Waals surface area contributed by atoms with Crippen LogP contribution in [0.15, 0.2) is 42.6 Å². The van der Waals surface area contributed by atoms with Crippen LogP contribution < -0.4 is 20.1 Å². The van der Waals surface area contributed by atoms with Gasteiger partial charge in [0, 0.05) is 24.0 Å². The minimum Gasteiger partial charge on any atom is -0.491 e. The van der Waals surface area contributed by atoms with Crippen LogP contribution in [0.2, 0.25) is 0 Å². The van der Waals surface area contributed by atoms with Crippen molar-refractivity contribution in [3.05, 3.63) is 48.2 Å². The molecule has 0 radical (unpaired) electrons. The summed E-state index contributed by atoms with van der Waals surface area (Å²) in [6, 6.07) is 9.73. The van der Waals surface area contributed by atoms with Crippen LogP contribution in [0.25, 0.3) is 0 Å². The fourth-order valence-corrected chi connectivity index (χ4v) is 5.35. The Kier molecular flexibility index (Phi) is 5.86. The molecule has 1 aromatic heterocycles. The third-order valence-corrected chi connectivity index (χ3v) is 7.06. The summed E-state index contributed by atoms with van der Waals surface area (Å²) in [6.07, 6.45) is 4.50. The van der Waals surface area contributed by atoms with E-state index in [2.05, 4.69) is 4.98 Å². The Labute approximate surface area is 209 Å². The molecule has 36 heavy (non-hydrogen) atoms. The number of nitrogens with zero attached hydrogens (tertiary/aromatic N) is 3. The number of benzene rings is 1. The Bertz CT molecular complexity index is 1190. The van der Waals surface area contributed by atoms with E-state index < -0.39 is 11.5 Å². The van der Waals surface area contributed by atoms with Crippen molar-refractivity contribution in [2.75, 3.05) is 18.1 Å². The summed E-state index contributed by atoms with van der Waals surface area (Å²) in [5.41, 5.74) is 5.29. The molecule has 2 heterocycles. The van der Waals surface area contributed by atoms with Gasteiger partial charge < -0.3 is 20.3 Å². The van der Waals surface area contributed by atoms with Gasteiger partial charge >= 0.3 is 6.03 Å². The highest BCUT2D eigenvalue weighted by atomic mass is 16.5. The van der Waals surface area contributed by atoms with E-state index in [4.69, 9.17) is 15.2 Å². The van der Waals surface area contributed by atoms with Crippen LogP contribution in [0.4, 0.5) is 10.5 Å². The molecule has 3 fully saturated rings. The van der Waals surface area contributed by atoms with Crippen molar-refractivity contribution < 1.29 is 29.0 Å². The number of ether oxygens (including phenoxy) is 2. The number of anilines is 1. The van der Waals surface area contributed by atoms with Crippen molar-refractivity contribution in [3.8, 4) is 11.6 Å². The lowest BCUT2D eigenvalue weighted by atomic mass is 9.52. The van der Waals surface area contributed by atoms with Crippen molar-refractivity contribution in [1.29, 1.82) is 0 Å². The molecule has 4 amide bonds. The zero-order chi connectivity index (χ0) is 25.7. The van der Waals surface area contributed by atoms with Gasteiger partial charge in [0.2, 0.25) is 5.88 Å². The second-order valence-electron chi connectivity index (χ2n) is 10.7. The maximum absolute atomic E-state index is 13.2. The number of nitrogens with two attached hydrogens (primary N) is 1. The molecule has 5 rings (SSSR count). The molecule has 2 saturated carbocycles. The molecule has 0 atom stereocenters. The van der Waals surface area contributed by atoms with Gasteiger partial charge in [0.15, 0.2) is 0 Å². The summed E-state index contributed by atoms with van der Waals surface area (Å²) < 4.78 is 11.5. The average Bonchev–Trinajstić information content (AvgIpc) is 3.07. The summed E-state index contributed by atoms with van der Waals surface area (Å²) in [5.74, 6) is -0.0333. The zero-order valence-electron chi connectivity index (χ0n) is 20.3. The Balaban J connectivity index is 1.17. The number of amides is 4. The molecule has 1 aromatic carbocycles. The highest BCUT2D eigenvalue weighted by Crippen LogP contribution is 2.58. The summed E-state index contributed by atoms with van der Waals surface area (Å²) in [4.78, 5) is 44.5. The second kappa shape index (κ2) is 8.77. The van der Waals surface area contributed by atoms with Crippen LogP contribution in [0.1, 0.15) is 49.9 Å². The van der Waals surface area contributed by atoms with E-state index in [1.807, 2.05) is 0 Å². The number of pyridine rings is 1. The minimum atomic E-state index is -0.986. The van der Waals surface area contributed by atoms with E-state index in [1.54, 1.807) is 56.4 Å². The van der Waals surface area contributed by atoms with Crippen LogP contribution >= 0.6 is 0 Å². The zero-order valence-corrected chi connectivity index (χ0v) is 20.3. The number of aliphatic hydroxyl groups is 1. The van der Waals surface area contributed by atoms with Gasteiger partial charge in [-0.05, 0) is 69.2 Å². The maximum Gasteiger partial charge on any atom is 0.331 e. The van der Waals surface area contributed by atoms with Crippen LogP contribution in [-0.2, 0) is 4.79 Å². The summed E-state index contributed by atoms with van der Waals surface area (Å²) in [5, 5.41) is 9.89. The molecule has 10 nitrogen and oxygen atoms in total. The van der Waals surface area contributed by atoms with Crippen LogP contribution in [0.3, 0.4) is 0 Å². The highest BCUT2D eigenvalue weighted by molar-refractivity contribution is 6.12. The quantitative estimate of drug-likeness (QED) is 0.538. The van der Waals surface area contributed by atoms with E-state index in [9.17, 15) is 19.5 Å². The predicted molar refractivity (Wildman–Crippen MR) is 130 cm³/mol. The fourth-order valence-electron chi connectivity index (χ4n) is 5.35. The first-order valence-corrected chi connectivity index (χ1v) is 12.0. The molecule has 0 bridgehead atoms. The van der Waals surface area contributed by atoms with E-state index in [-0.39, 0.29) is 54.1 Å². The first-order chi connectivity index (χ1) is 17.0. The number of imide groups is 1. The van der Waals surface area contributed by atoms with Gasteiger partial charge in [-0.15, -0.1) is 0 Å². The normalized spacial score (nSPS) is 25.5. The molecular weight excluding hydrogens is 464 g/mol. The minimum absolute atomic E-state index is 0.0153. The molecule has 1 aliphatic heterocycles. The van der Waals surface area contributed by atoms with E-state index in [1.165, 1.54) is 9.80 Å². The number of primary amides is 1. The van der Waals surface area contributed by atoms with Crippen LogP contribution in [-0.4, -0.2) is 63.7 Å². The molecule has 1 spiro atoms.